The van der Waals surface area contributed by atoms with E-state index in [0.717, 1.165) is 16.7 Å². The van der Waals surface area contributed by atoms with Gasteiger partial charge in [0.15, 0.2) is 0 Å². The van der Waals surface area contributed by atoms with Crippen LogP contribution in [0.25, 0.3) is 22.2 Å². The Morgan fingerprint density at radius 2 is 1.90 bits per heavy atom. The van der Waals surface area contributed by atoms with Crippen LogP contribution < -0.4 is 34.7 Å². The molecule has 0 atom stereocenters. The van der Waals surface area contributed by atoms with Crippen molar-refractivity contribution in [3.63, 3.8) is 0 Å². The van der Waals surface area contributed by atoms with Gasteiger partial charge < -0.3 is 9.90 Å². The SMILES string of the molecule is Cc1ccncc1-c1cc(C(=O)[O-])c2nccnc2c1.[Na+]. The molecule has 0 aliphatic heterocycles. The topological polar surface area (TPSA) is 78.8 Å². The minimum Gasteiger partial charge on any atom is -0.545 e. The predicted molar refractivity (Wildman–Crippen MR) is 71.8 cm³/mol. The molecule has 0 unspecified atom stereocenters. The van der Waals surface area contributed by atoms with Crippen LogP contribution in [0.2, 0.25) is 0 Å². The van der Waals surface area contributed by atoms with E-state index in [4.69, 9.17) is 0 Å². The molecule has 0 amide bonds. The molecule has 0 aliphatic rings. The van der Waals surface area contributed by atoms with Crippen molar-refractivity contribution in [2.24, 2.45) is 0 Å². The van der Waals surface area contributed by atoms with E-state index in [9.17, 15) is 9.90 Å². The number of hydrogen-bond donors (Lipinski definition) is 0. The molecule has 6 heteroatoms. The third-order valence-electron chi connectivity index (χ3n) is 3.14. The van der Waals surface area contributed by atoms with Crippen molar-refractivity contribution in [3.8, 4) is 11.1 Å². The van der Waals surface area contributed by atoms with Gasteiger partial charge in [-0.25, -0.2) is 0 Å². The van der Waals surface area contributed by atoms with Gasteiger partial charge in [-0.05, 0) is 36.2 Å². The molecule has 0 saturated heterocycles. The van der Waals surface area contributed by atoms with Crippen molar-refractivity contribution in [3.05, 3.63) is 54.1 Å². The summed E-state index contributed by atoms with van der Waals surface area (Å²) >= 11 is 0. The zero-order chi connectivity index (χ0) is 14.1. The second-order valence-electron chi connectivity index (χ2n) is 4.43. The number of aryl methyl sites for hydroxylation is 1. The third kappa shape index (κ3) is 2.95. The van der Waals surface area contributed by atoms with Crippen LogP contribution >= 0.6 is 0 Å². The number of carbonyl (C=O) groups is 1. The summed E-state index contributed by atoms with van der Waals surface area (Å²) in [6, 6.07) is 5.23. The predicted octanol–water partition coefficient (Wildman–Crippen LogP) is -1.63. The van der Waals surface area contributed by atoms with Gasteiger partial charge in [0.25, 0.3) is 0 Å². The molecule has 5 nitrogen and oxygen atoms in total. The summed E-state index contributed by atoms with van der Waals surface area (Å²) in [6.45, 7) is 1.94. The second kappa shape index (κ2) is 6.30. The molecule has 98 valence electrons. The fourth-order valence-corrected chi connectivity index (χ4v) is 2.15. The number of rotatable bonds is 2. The van der Waals surface area contributed by atoms with E-state index in [2.05, 4.69) is 15.0 Å². The first-order valence-electron chi connectivity index (χ1n) is 6.04. The van der Waals surface area contributed by atoms with Crippen LogP contribution in [0.4, 0.5) is 0 Å². The van der Waals surface area contributed by atoms with Gasteiger partial charge in [-0.3, -0.25) is 15.0 Å². The monoisotopic (exact) mass is 287 g/mol. The number of carboxylic acid groups (broad SMARTS) is 1. The second-order valence-corrected chi connectivity index (χ2v) is 4.43. The number of hydrogen-bond acceptors (Lipinski definition) is 5. The van der Waals surface area contributed by atoms with E-state index in [1.54, 1.807) is 24.5 Å². The smallest absolute Gasteiger partial charge is 0.545 e. The Labute approximate surface area is 143 Å². The van der Waals surface area contributed by atoms with Gasteiger partial charge in [-0.2, -0.15) is 0 Å². The summed E-state index contributed by atoms with van der Waals surface area (Å²) in [7, 11) is 0. The molecule has 1 aromatic carbocycles. The van der Waals surface area contributed by atoms with E-state index in [1.807, 2.05) is 13.0 Å². The van der Waals surface area contributed by atoms with Crippen molar-refractivity contribution in [1.29, 1.82) is 0 Å². The van der Waals surface area contributed by atoms with Crippen LogP contribution in [0.3, 0.4) is 0 Å². The molecule has 2 heterocycles. The molecule has 0 saturated carbocycles. The average Bonchev–Trinajstić information content (AvgIpc) is 2.46. The number of nitrogens with zero attached hydrogens (tertiary/aromatic N) is 3. The Bertz CT molecular complexity index is 821. The molecule has 3 rings (SSSR count). The maximum absolute atomic E-state index is 11.3. The fourth-order valence-electron chi connectivity index (χ4n) is 2.15. The van der Waals surface area contributed by atoms with E-state index in [0.29, 0.717) is 11.0 Å². The first kappa shape index (κ1) is 15.6. The first-order valence-corrected chi connectivity index (χ1v) is 6.04. The minimum absolute atomic E-state index is 0. The Hall–Kier alpha value is -1.82. The van der Waals surface area contributed by atoms with E-state index in [-0.39, 0.29) is 35.1 Å². The van der Waals surface area contributed by atoms with Gasteiger partial charge in [0.05, 0.1) is 17.0 Å². The Morgan fingerprint density at radius 1 is 1.14 bits per heavy atom. The average molecular weight is 287 g/mol. The molecule has 0 fully saturated rings. The summed E-state index contributed by atoms with van der Waals surface area (Å²) in [5.41, 5.74) is 3.50. The number of benzene rings is 1. The molecule has 0 aliphatic carbocycles. The zero-order valence-electron chi connectivity index (χ0n) is 11.7. The molecule has 0 N–H and O–H groups in total. The van der Waals surface area contributed by atoms with Gasteiger partial charge >= 0.3 is 29.6 Å². The molecule has 2 aromatic heterocycles. The molecule has 0 spiro atoms. The van der Waals surface area contributed by atoms with Crippen molar-refractivity contribution in [2.45, 2.75) is 6.92 Å². The normalized spacial score (nSPS) is 10.1. The van der Waals surface area contributed by atoms with Crippen molar-refractivity contribution < 1.29 is 39.5 Å². The number of aromatic carboxylic acids is 1. The summed E-state index contributed by atoms with van der Waals surface area (Å²) in [5.74, 6) is -1.26. The standard InChI is InChI=1S/C15H11N3O2.Na/c1-9-2-3-16-8-12(9)10-6-11(15(19)20)14-13(7-10)17-4-5-18-14;/h2-8H,1H3,(H,19,20);/q;+1/p-1. The van der Waals surface area contributed by atoms with Crippen LogP contribution in [0.15, 0.2) is 43.0 Å². The van der Waals surface area contributed by atoms with Crippen LogP contribution in [-0.4, -0.2) is 20.9 Å². The van der Waals surface area contributed by atoms with Crippen LogP contribution in [0.1, 0.15) is 15.9 Å². The minimum atomic E-state index is -1.26. The largest absolute Gasteiger partial charge is 1.00 e. The molecule has 0 bridgehead atoms. The van der Waals surface area contributed by atoms with E-state index in [1.165, 1.54) is 12.4 Å². The van der Waals surface area contributed by atoms with Gasteiger partial charge in [-0.1, -0.05) is 0 Å². The number of fused-ring (bicyclic) bond motifs is 1. The summed E-state index contributed by atoms with van der Waals surface area (Å²) in [4.78, 5) is 23.6. The number of aromatic nitrogens is 3. The summed E-state index contributed by atoms with van der Waals surface area (Å²) in [6.07, 6.45) is 6.39. The van der Waals surface area contributed by atoms with Gasteiger partial charge in [0.1, 0.15) is 0 Å². The van der Waals surface area contributed by atoms with Crippen LogP contribution in [-0.2, 0) is 0 Å². The van der Waals surface area contributed by atoms with Crippen molar-refractivity contribution in [2.75, 3.05) is 0 Å². The number of carboxylic acids is 1. The molecular formula is C15H10N3NaO2. The first-order chi connectivity index (χ1) is 9.66. The maximum atomic E-state index is 11.3. The quantitative estimate of drug-likeness (QED) is 0.529. The van der Waals surface area contributed by atoms with E-state index < -0.39 is 5.97 Å². The zero-order valence-corrected chi connectivity index (χ0v) is 13.7. The number of pyridine rings is 1. The molecule has 0 radical (unpaired) electrons. The summed E-state index contributed by atoms with van der Waals surface area (Å²) in [5, 5.41) is 11.3. The maximum Gasteiger partial charge on any atom is 1.00 e. The fraction of sp³-hybridized carbons (Fsp3) is 0.0667. The summed E-state index contributed by atoms with van der Waals surface area (Å²) < 4.78 is 0. The van der Waals surface area contributed by atoms with Gasteiger partial charge in [0.2, 0.25) is 0 Å². The molecular weight excluding hydrogens is 277 g/mol. The Morgan fingerprint density at radius 3 is 2.62 bits per heavy atom. The molecule has 21 heavy (non-hydrogen) atoms. The Kier molecular flexibility index (Phi) is 4.67. The molecule has 3 aromatic rings. The van der Waals surface area contributed by atoms with Crippen molar-refractivity contribution in [1.82, 2.24) is 15.0 Å². The van der Waals surface area contributed by atoms with Crippen LogP contribution in [0, 0.1) is 6.92 Å². The van der Waals surface area contributed by atoms with Gasteiger partial charge in [-0.15, -0.1) is 0 Å². The van der Waals surface area contributed by atoms with Gasteiger partial charge in [0, 0.05) is 35.9 Å². The van der Waals surface area contributed by atoms with Crippen molar-refractivity contribution >= 4 is 17.0 Å². The van der Waals surface area contributed by atoms with E-state index >= 15 is 0 Å². The van der Waals surface area contributed by atoms with Crippen LogP contribution in [0.5, 0.6) is 0 Å². The Balaban J connectivity index is 0.00000161. The third-order valence-corrected chi connectivity index (χ3v) is 3.14. The number of carbonyl (C=O) groups excluding carboxylic acids is 1.